The largest absolute Gasteiger partial charge is 0.563 e. The molecule has 0 saturated heterocycles. The van der Waals surface area contributed by atoms with Crippen LogP contribution in [0.4, 0.5) is 0 Å². The van der Waals surface area contributed by atoms with Crippen molar-refractivity contribution in [2.75, 3.05) is 19.7 Å². The summed E-state index contributed by atoms with van der Waals surface area (Å²) in [5.41, 5.74) is 6.87. The van der Waals surface area contributed by atoms with Gasteiger partial charge in [0.25, 0.3) is 0 Å². The molecule has 1 aliphatic rings. The van der Waals surface area contributed by atoms with E-state index < -0.39 is 13.1 Å². The number of fused-ring (bicyclic) bond motifs is 1. The maximum atomic E-state index is 11.4. The first-order valence-electron chi connectivity index (χ1n) is 6.21. The number of hydroxylamine groups is 1. The molecular weight excluding hydrogens is 297 g/mol. The van der Waals surface area contributed by atoms with Crippen molar-refractivity contribution in [3.05, 3.63) is 17.7 Å². The Morgan fingerprint density at radius 2 is 2.27 bits per heavy atom. The van der Waals surface area contributed by atoms with Crippen LogP contribution < -0.4 is 25.3 Å². The zero-order chi connectivity index (χ0) is 16.1. The van der Waals surface area contributed by atoms with Crippen molar-refractivity contribution in [3.63, 3.8) is 0 Å². The van der Waals surface area contributed by atoms with Gasteiger partial charge in [-0.1, -0.05) is 0 Å². The van der Waals surface area contributed by atoms with Crippen molar-refractivity contribution < 1.29 is 33.9 Å². The third-order valence-electron chi connectivity index (χ3n) is 2.56. The van der Waals surface area contributed by atoms with Crippen LogP contribution in [0.3, 0.4) is 0 Å². The summed E-state index contributed by atoms with van der Waals surface area (Å²) in [6.45, 7) is -0.0602. The summed E-state index contributed by atoms with van der Waals surface area (Å²) in [6, 6.07) is 2.90. The van der Waals surface area contributed by atoms with E-state index in [1.165, 1.54) is 12.1 Å². The molecule has 1 aromatic rings. The smallest absolute Gasteiger partial charge is 0.531 e. The minimum atomic E-state index is -1.28. The highest BCUT2D eigenvalue weighted by Gasteiger charge is 2.31. The Kier molecular flexibility index (Phi) is 4.91. The van der Waals surface area contributed by atoms with E-state index in [0.29, 0.717) is 0 Å². The van der Waals surface area contributed by atoms with Gasteiger partial charge < -0.3 is 30.0 Å². The highest BCUT2D eigenvalue weighted by molar-refractivity contribution is 6.44. The number of nitrogens with one attached hydrogen (secondary N) is 2. The van der Waals surface area contributed by atoms with Crippen LogP contribution in [0, 0.1) is 5.41 Å². The summed E-state index contributed by atoms with van der Waals surface area (Å²) in [6.07, 6.45) is 0. The number of hydrogen-bond acceptors (Lipinski definition) is 7. The quantitative estimate of drug-likeness (QED) is 0.146. The van der Waals surface area contributed by atoms with E-state index in [2.05, 4.69) is 5.48 Å². The molecule has 1 aliphatic heterocycles. The van der Waals surface area contributed by atoms with Gasteiger partial charge in [0.2, 0.25) is 5.96 Å². The Balaban J connectivity index is 2.09. The molecule has 11 heteroatoms. The molecule has 0 aromatic heterocycles. The molecule has 118 valence electrons. The van der Waals surface area contributed by atoms with Crippen LogP contribution in [-0.4, -0.2) is 48.9 Å². The number of carboxylic acids is 1. The zero-order valence-electron chi connectivity index (χ0n) is 11.4. The van der Waals surface area contributed by atoms with Gasteiger partial charge in [0.05, 0.1) is 0 Å². The van der Waals surface area contributed by atoms with Crippen molar-refractivity contribution in [2.45, 2.75) is 0 Å². The average molecular weight is 311 g/mol. The molecule has 2 rings (SSSR count). The Morgan fingerprint density at radius 3 is 2.95 bits per heavy atom. The minimum Gasteiger partial charge on any atom is -0.531 e. The lowest BCUT2D eigenvalue weighted by atomic mass is 9.91. The SMILES string of the molecule is N=C(N)NOCCOc1ccc2c(c1C(=O)O)OB(O)CO2. The van der Waals surface area contributed by atoms with Crippen LogP contribution >= 0.6 is 0 Å². The van der Waals surface area contributed by atoms with Crippen LogP contribution in [0.15, 0.2) is 12.1 Å². The van der Waals surface area contributed by atoms with Crippen LogP contribution in [-0.2, 0) is 4.84 Å². The summed E-state index contributed by atoms with van der Waals surface area (Å²) in [4.78, 5) is 16.2. The molecule has 0 radical (unpaired) electrons. The molecule has 0 atom stereocenters. The normalized spacial score (nSPS) is 12.7. The minimum absolute atomic E-state index is 0.00274. The van der Waals surface area contributed by atoms with E-state index >= 15 is 0 Å². The zero-order valence-corrected chi connectivity index (χ0v) is 11.4. The van der Waals surface area contributed by atoms with E-state index in [0.717, 1.165) is 0 Å². The summed E-state index contributed by atoms with van der Waals surface area (Å²) in [7, 11) is -1.25. The topological polar surface area (TPSA) is 156 Å². The second kappa shape index (κ2) is 6.87. The van der Waals surface area contributed by atoms with Gasteiger partial charge in [-0.3, -0.25) is 10.2 Å². The number of rotatable bonds is 6. The van der Waals surface area contributed by atoms with Crippen molar-refractivity contribution in [3.8, 4) is 17.2 Å². The third-order valence-corrected chi connectivity index (χ3v) is 2.56. The van der Waals surface area contributed by atoms with Crippen LogP contribution in [0.5, 0.6) is 17.2 Å². The fraction of sp³-hybridized carbons (Fsp3) is 0.273. The van der Waals surface area contributed by atoms with Gasteiger partial charge in [-0.2, -0.15) is 0 Å². The lowest BCUT2D eigenvalue weighted by Crippen LogP contribution is -2.34. The van der Waals surface area contributed by atoms with Gasteiger partial charge in [0, 0.05) is 0 Å². The first kappa shape index (κ1) is 15.7. The predicted molar refractivity (Wildman–Crippen MR) is 74.0 cm³/mol. The monoisotopic (exact) mass is 311 g/mol. The van der Waals surface area contributed by atoms with Crippen molar-refractivity contribution in [2.24, 2.45) is 5.73 Å². The molecule has 6 N–H and O–H groups in total. The number of ether oxygens (including phenoxy) is 2. The maximum absolute atomic E-state index is 11.4. The standard InChI is InChI=1S/C11H14BN3O7/c13-11(14)15-21-4-3-19-6-1-2-7-9(8(6)10(16)17)22-12(18)5-20-7/h1-2,18H,3-5H2,(H,16,17)(H4,13,14,15). The first-order chi connectivity index (χ1) is 10.5. The van der Waals surface area contributed by atoms with Gasteiger partial charge >= 0.3 is 13.1 Å². The molecule has 0 bridgehead atoms. The first-order valence-corrected chi connectivity index (χ1v) is 6.21. The maximum Gasteiger partial charge on any atom is 0.563 e. The third kappa shape index (κ3) is 3.71. The fourth-order valence-electron chi connectivity index (χ4n) is 1.75. The number of nitrogens with two attached hydrogens (primary N) is 1. The second-order valence-corrected chi connectivity index (χ2v) is 4.17. The number of guanidine groups is 1. The summed E-state index contributed by atoms with van der Waals surface area (Å²) < 4.78 is 15.6. The lowest BCUT2D eigenvalue weighted by Gasteiger charge is -2.23. The van der Waals surface area contributed by atoms with E-state index in [-0.39, 0.29) is 48.5 Å². The summed E-state index contributed by atoms with van der Waals surface area (Å²) in [5, 5.41) is 25.6. The molecule has 0 saturated carbocycles. The number of carbonyl (C=O) groups is 1. The van der Waals surface area contributed by atoms with Crippen LogP contribution in [0.2, 0.25) is 0 Å². The van der Waals surface area contributed by atoms with Gasteiger partial charge in [0.1, 0.15) is 31.0 Å². The van der Waals surface area contributed by atoms with Crippen molar-refractivity contribution in [1.29, 1.82) is 5.41 Å². The van der Waals surface area contributed by atoms with Crippen LogP contribution in [0.25, 0.3) is 0 Å². The molecule has 0 aliphatic carbocycles. The Morgan fingerprint density at radius 1 is 1.50 bits per heavy atom. The van der Waals surface area contributed by atoms with Gasteiger partial charge in [-0.25, -0.2) is 10.3 Å². The molecule has 0 spiro atoms. The predicted octanol–water partition coefficient (Wildman–Crippen LogP) is -1.03. The lowest BCUT2D eigenvalue weighted by molar-refractivity contribution is 0.0565. The second-order valence-electron chi connectivity index (χ2n) is 4.17. The molecular formula is C11H14BN3O7. The number of hydrogen-bond donors (Lipinski definition) is 5. The van der Waals surface area contributed by atoms with E-state index in [4.69, 9.17) is 30.1 Å². The Bertz CT molecular complexity index is 583. The Hall–Kier alpha value is -2.66. The van der Waals surface area contributed by atoms with E-state index in [1.54, 1.807) is 0 Å². The van der Waals surface area contributed by atoms with Crippen LogP contribution in [0.1, 0.15) is 10.4 Å². The fourth-order valence-corrected chi connectivity index (χ4v) is 1.75. The van der Waals surface area contributed by atoms with Gasteiger partial charge in [0.15, 0.2) is 11.5 Å². The molecule has 0 amide bonds. The molecule has 1 heterocycles. The molecule has 1 aromatic carbocycles. The highest BCUT2D eigenvalue weighted by Crippen LogP contribution is 2.39. The van der Waals surface area contributed by atoms with E-state index in [1.807, 2.05) is 0 Å². The molecule has 0 fully saturated rings. The van der Waals surface area contributed by atoms with Crippen molar-refractivity contribution in [1.82, 2.24) is 5.48 Å². The van der Waals surface area contributed by atoms with Gasteiger partial charge in [-0.05, 0) is 12.1 Å². The average Bonchev–Trinajstić information content (AvgIpc) is 2.45. The number of carboxylic acid groups (broad SMARTS) is 1. The summed E-state index contributed by atoms with van der Waals surface area (Å²) >= 11 is 0. The van der Waals surface area contributed by atoms with Crippen molar-refractivity contribution >= 4 is 19.0 Å². The number of benzene rings is 1. The van der Waals surface area contributed by atoms with E-state index in [9.17, 15) is 14.9 Å². The molecule has 0 unspecified atom stereocenters. The molecule has 22 heavy (non-hydrogen) atoms. The Labute approximate surface area is 125 Å². The summed E-state index contributed by atoms with van der Waals surface area (Å²) in [5.74, 6) is -1.49. The number of aromatic carboxylic acids is 1. The highest BCUT2D eigenvalue weighted by atomic mass is 16.7. The molecule has 10 nitrogen and oxygen atoms in total. The van der Waals surface area contributed by atoms with Gasteiger partial charge in [-0.15, -0.1) is 0 Å².